The standard InChI is InChI=1S/C24H12BrF3O4/c25-15-4-2-1-3-12(15)14-10-20(29)31-18-6-5-13-23(30)19(32-24(13)21(14)18)9-11-7-16(26)22(28)17(27)8-11/h1-9,14H,10H2/b19-9-. The van der Waals surface area contributed by atoms with Gasteiger partial charge in [0.25, 0.3) is 0 Å². The number of fused-ring (bicyclic) bond motifs is 3. The maximum atomic E-state index is 13.6. The van der Waals surface area contributed by atoms with E-state index in [0.29, 0.717) is 5.56 Å². The first-order valence-corrected chi connectivity index (χ1v) is 10.3. The van der Waals surface area contributed by atoms with Crippen LogP contribution in [0.2, 0.25) is 0 Å². The first kappa shape index (κ1) is 20.5. The minimum atomic E-state index is -1.60. The summed E-state index contributed by atoms with van der Waals surface area (Å²) in [5, 5.41) is 0. The number of halogens is 4. The molecule has 2 aliphatic rings. The van der Waals surface area contributed by atoms with Crippen molar-refractivity contribution in [3.63, 3.8) is 0 Å². The number of carbonyl (C=O) groups is 2. The van der Waals surface area contributed by atoms with Crippen LogP contribution in [0.5, 0.6) is 11.5 Å². The topological polar surface area (TPSA) is 52.6 Å². The molecule has 3 aromatic rings. The van der Waals surface area contributed by atoms with E-state index < -0.39 is 35.1 Å². The third-order valence-electron chi connectivity index (χ3n) is 5.36. The molecule has 1 unspecified atom stereocenters. The van der Waals surface area contributed by atoms with Gasteiger partial charge in [0.05, 0.1) is 12.0 Å². The largest absolute Gasteiger partial charge is 0.452 e. The van der Waals surface area contributed by atoms with Gasteiger partial charge in [0.2, 0.25) is 5.78 Å². The van der Waals surface area contributed by atoms with Crippen molar-refractivity contribution in [2.24, 2.45) is 0 Å². The van der Waals surface area contributed by atoms with Crippen LogP contribution in [0.25, 0.3) is 6.08 Å². The minimum absolute atomic E-state index is 0.0387. The molecule has 0 saturated heterocycles. The smallest absolute Gasteiger partial charge is 0.312 e. The maximum Gasteiger partial charge on any atom is 0.312 e. The fraction of sp³-hybridized carbons (Fsp3) is 0.0833. The van der Waals surface area contributed by atoms with Crippen molar-refractivity contribution in [3.8, 4) is 11.5 Å². The van der Waals surface area contributed by atoms with Gasteiger partial charge in [0.1, 0.15) is 11.5 Å². The second-order valence-electron chi connectivity index (χ2n) is 7.34. The second kappa shape index (κ2) is 7.63. The number of hydrogen-bond acceptors (Lipinski definition) is 4. The first-order chi connectivity index (χ1) is 15.3. The van der Waals surface area contributed by atoms with Crippen LogP contribution in [0.3, 0.4) is 0 Å². The number of rotatable bonds is 2. The van der Waals surface area contributed by atoms with Gasteiger partial charge in [0, 0.05) is 16.0 Å². The highest BCUT2D eigenvalue weighted by molar-refractivity contribution is 9.10. The average Bonchev–Trinajstić information content (AvgIpc) is 3.07. The number of Topliss-reactive ketones (excluding diaryl/α,β-unsaturated/α-hetero) is 1. The molecule has 0 fully saturated rings. The molecule has 0 radical (unpaired) electrons. The molecule has 0 N–H and O–H groups in total. The van der Waals surface area contributed by atoms with E-state index in [4.69, 9.17) is 9.47 Å². The molecule has 0 bridgehead atoms. The van der Waals surface area contributed by atoms with Gasteiger partial charge in [-0.05, 0) is 47.5 Å². The van der Waals surface area contributed by atoms with Gasteiger partial charge in [-0.25, -0.2) is 13.2 Å². The zero-order valence-electron chi connectivity index (χ0n) is 16.1. The molecule has 0 amide bonds. The summed E-state index contributed by atoms with van der Waals surface area (Å²) >= 11 is 3.50. The monoisotopic (exact) mass is 500 g/mol. The molecule has 3 aromatic carbocycles. The highest BCUT2D eigenvalue weighted by atomic mass is 79.9. The summed E-state index contributed by atoms with van der Waals surface area (Å²) in [6.45, 7) is 0. The average molecular weight is 501 g/mol. The predicted octanol–water partition coefficient (Wildman–Crippen LogP) is 5.92. The number of benzene rings is 3. The summed E-state index contributed by atoms with van der Waals surface area (Å²) < 4.78 is 52.4. The first-order valence-electron chi connectivity index (χ1n) is 9.54. The summed E-state index contributed by atoms with van der Waals surface area (Å²) in [6, 6.07) is 11.9. The number of carbonyl (C=O) groups excluding carboxylic acids is 2. The van der Waals surface area contributed by atoms with Gasteiger partial charge in [0.15, 0.2) is 23.2 Å². The quantitative estimate of drug-likeness (QED) is 0.189. The summed E-state index contributed by atoms with van der Waals surface area (Å²) in [5.41, 5.74) is 1.51. The molecule has 0 saturated carbocycles. The summed E-state index contributed by atoms with van der Waals surface area (Å²) in [6.07, 6.45) is 1.18. The Hall–Kier alpha value is -3.39. The lowest BCUT2D eigenvalue weighted by Gasteiger charge is -2.27. The summed E-state index contributed by atoms with van der Waals surface area (Å²) in [5.74, 6) is -5.40. The van der Waals surface area contributed by atoms with E-state index in [1.807, 2.05) is 24.3 Å². The normalized spacial score (nSPS) is 18.2. The maximum absolute atomic E-state index is 13.6. The molecule has 4 nitrogen and oxygen atoms in total. The molecular formula is C24H12BrF3O4. The zero-order chi connectivity index (χ0) is 22.6. The van der Waals surface area contributed by atoms with Crippen LogP contribution >= 0.6 is 15.9 Å². The predicted molar refractivity (Wildman–Crippen MR) is 112 cm³/mol. The molecule has 0 spiro atoms. The molecule has 32 heavy (non-hydrogen) atoms. The highest BCUT2D eigenvalue weighted by Crippen LogP contribution is 2.50. The van der Waals surface area contributed by atoms with E-state index in [-0.39, 0.29) is 34.8 Å². The summed E-state index contributed by atoms with van der Waals surface area (Å²) in [4.78, 5) is 25.2. The van der Waals surface area contributed by atoms with Gasteiger partial charge >= 0.3 is 5.97 Å². The van der Waals surface area contributed by atoms with E-state index in [1.165, 1.54) is 12.1 Å². The third kappa shape index (κ3) is 3.31. The number of ketones is 1. The Bertz CT molecular complexity index is 1330. The van der Waals surface area contributed by atoms with Gasteiger partial charge in [-0.2, -0.15) is 0 Å². The molecule has 0 aromatic heterocycles. The number of esters is 1. The Morgan fingerprint density at radius 1 is 0.969 bits per heavy atom. The molecule has 2 aliphatic heterocycles. The van der Waals surface area contributed by atoms with Gasteiger partial charge in [-0.1, -0.05) is 34.1 Å². The highest BCUT2D eigenvalue weighted by Gasteiger charge is 2.39. The molecule has 1 atom stereocenters. The Morgan fingerprint density at radius 2 is 1.69 bits per heavy atom. The van der Waals surface area contributed by atoms with Crippen molar-refractivity contribution < 1.29 is 32.2 Å². The van der Waals surface area contributed by atoms with Crippen molar-refractivity contribution >= 4 is 33.8 Å². The molecule has 160 valence electrons. The van der Waals surface area contributed by atoms with Gasteiger partial charge in [-0.15, -0.1) is 0 Å². The van der Waals surface area contributed by atoms with Crippen molar-refractivity contribution in [2.45, 2.75) is 12.3 Å². The van der Waals surface area contributed by atoms with Crippen LogP contribution in [0.1, 0.15) is 39.4 Å². The summed E-state index contributed by atoms with van der Waals surface area (Å²) in [7, 11) is 0. The second-order valence-corrected chi connectivity index (χ2v) is 8.20. The van der Waals surface area contributed by atoms with Crippen LogP contribution in [0.4, 0.5) is 13.2 Å². The van der Waals surface area contributed by atoms with E-state index in [0.717, 1.165) is 28.2 Å². The van der Waals surface area contributed by atoms with Crippen LogP contribution in [-0.4, -0.2) is 11.8 Å². The molecule has 5 rings (SSSR count). The Kier molecular flexibility index (Phi) is 4.89. The number of hydrogen-bond donors (Lipinski definition) is 0. The lowest BCUT2D eigenvalue weighted by Crippen LogP contribution is -2.21. The van der Waals surface area contributed by atoms with Crippen LogP contribution < -0.4 is 9.47 Å². The van der Waals surface area contributed by atoms with E-state index >= 15 is 0 Å². The van der Waals surface area contributed by atoms with Crippen LogP contribution in [0.15, 0.2) is 58.8 Å². The van der Waals surface area contributed by atoms with E-state index in [1.54, 1.807) is 0 Å². The van der Waals surface area contributed by atoms with Gasteiger partial charge in [-0.3, -0.25) is 9.59 Å². The Balaban J connectivity index is 1.62. The van der Waals surface area contributed by atoms with Crippen molar-refractivity contribution in [2.75, 3.05) is 0 Å². The molecule has 2 heterocycles. The molecule has 0 aliphatic carbocycles. The lowest BCUT2D eigenvalue weighted by atomic mass is 9.84. The van der Waals surface area contributed by atoms with E-state index in [2.05, 4.69) is 15.9 Å². The van der Waals surface area contributed by atoms with Crippen molar-refractivity contribution in [1.82, 2.24) is 0 Å². The number of allylic oxidation sites excluding steroid dienone is 1. The molecular weight excluding hydrogens is 489 g/mol. The molecule has 8 heteroatoms. The lowest BCUT2D eigenvalue weighted by molar-refractivity contribution is -0.135. The Labute approximate surface area is 188 Å². The van der Waals surface area contributed by atoms with Crippen molar-refractivity contribution in [1.29, 1.82) is 0 Å². The van der Waals surface area contributed by atoms with Crippen molar-refractivity contribution in [3.05, 3.63) is 98.5 Å². The third-order valence-corrected chi connectivity index (χ3v) is 6.09. The number of ether oxygens (including phenoxy) is 2. The zero-order valence-corrected chi connectivity index (χ0v) is 17.7. The van der Waals surface area contributed by atoms with Crippen LogP contribution in [-0.2, 0) is 4.79 Å². The fourth-order valence-corrected chi connectivity index (χ4v) is 4.50. The van der Waals surface area contributed by atoms with Gasteiger partial charge < -0.3 is 9.47 Å². The van der Waals surface area contributed by atoms with Crippen LogP contribution in [0, 0.1) is 17.5 Å². The SMILES string of the molecule is O=C1CC(c2ccccc2Br)c2c(ccc3c2O/C(=C\c2cc(F)c(F)c(F)c2)C3=O)O1. The fourth-order valence-electron chi connectivity index (χ4n) is 3.94. The minimum Gasteiger partial charge on any atom is -0.452 e. The Morgan fingerprint density at radius 3 is 2.41 bits per heavy atom. The van der Waals surface area contributed by atoms with E-state index in [9.17, 15) is 22.8 Å².